The van der Waals surface area contributed by atoms with Gasteiger partial charge < -0.3 is 9.47 Å². The molecule has 3 rings (SSSR count). The summed E-state index contributed by atoms with van der Waals surface area (Å²) in [6.45, 7) is 10.6. The van der Waals surface area contributed by atoms with Crippen LogP contribution in [-0.4, -0.2) is 14.2 Å². The molecule has 0 atom stereocenters. The summed E-state index contributed by atoms with van der Waals surface area (Å²) in [6, 6.07) is 14.6. The molecule has 0 unspecified atom stereocenters. The van der Waals surface area contributed by atoms with Gasteiger partial charge in [-0.3, -0.25) is 0 Å². The van der Waals surface area contributed by atoms with Crippen LogP contribution in [-0.2, 0) is 0 Å². The number of rotatable bonds is 2. The lowest BCUT2D eigenvalue weighted by Gasteiger charge is -2.12. The molecular weight excluding hydrogens is 320 g/mol. The molecule has 2 nitrogen and oxygen atoms in total. The number of benzene rings is 3. The van der Waals surface area contributed by atoms with E-state index in [1.54, 1.807) is 14.2 Å². The molecule has 0 spiro atoms. The fourth-order valence-electron chi connectivity index (χ4n) is 2.86. The van der Waals surface area contributed by atoms with Gasteiger partial charge in [-0.15, -0.1) is 0 Å². The normalized spacial score (nSPS) is 9.81. The Bertz CT molecular complexity index is 879. The first kappa shape index (κ1) is 21.6. The highest BCUT2D eigenvalue weighted by molar-refractivity contribution is 5.84. The molecule has 0 saturated carbocycles. The van der Waals surface area contributed by atoms with E-state index in [1.807, 2.05) is 6.07 Å². The van der Waals surface area contributed by atoms with Crippen molar-refractivity contribution in [2.75, 3.05) is 14.2 Å². The van der Waals surface area contributed by atoms with E-state index in [9.17, 15) is 0 Å². The van der Waals surface area contributed by atoms with Crippen LogP contribution in [0.1, 0.15) is 35.2 Å². The summed E-state index contributed by atoms with van der Waals surface area (Å²) in [7, 11) is 3.41. The van der Waals surface area contributed by atoms with E-state index in [1.165, 1.54) is 38.6 Å². The zero-order valence-electron chi connectivity index (χ0n) is 16.4. The van der Waals surface area contributed by atoms with E-state index in [4.69, 9.17) is 9.47 Å². The first-order valence-corrected chi connectivity index (χ1v) is 8.53. The topological polar surface area (TPSA) is 18.5 Å². The van der Waals surface area contributed by atoms with Gasteiger partial charge in [0.05, 0.1) is 14.2 Å². The quantitative estimate of drug-likeness (QED) is 0.509. The Balaban J connectivity index is 0.000000251. The Kier molecular flexibility index (Phi) is 7.70. The second-order valence-electron chi connectivity index (χ2n) is 6.49. The Morgan fingerprint density at radius 2 is 1.27 bits per heavy atom. The number of hydrogen-bond donors (Lipinski definition) is 0. The molecule has 0 aliphatic carbocycles. The minimum Gasteiger partial charge on any atom is -0.497 e. The number of aryl methyl sites for hydroxylation is 2. The lowest BCUT2D eigenvalue weighted by molar-refractivity contribution is 0.411. The highest BCUT2D eigenvalue weighted by Gasteiger charge is 2.06. The minimum atomic E-state index is 0. The number of hydrogen-bond acceptors (Lipinski definition) is 2. The summed E-state index contributed by atoms with van der Waals surface area (Å²) in [4.78, 5) is 0. The Hall–Kier alpha value is -2.48. The number of fused-ring (bicyclic) bond motifs is 1. The molecule has 0 heterocycles. The highest BCUT2D eigenvalue weighted by Crippen LogP contribution is 2.26. The highest BCUT2D eigenvalue weighted by atomic mass is 16.5. The van der Waals surface area contributed by atoms with Crippen LogP contribution in [0.25, 0.3) is 10.8 Å². The average molecular weight is 353 g/mol. The average Bonchev–Trinajstić information content (AvgIpc) is 2.62. The molecule has 0 amide bonds. The van der Waals surface area contributed by atoms with Gasteiger partial charge in [0.1, 0.15) is 11.5 Å². The minimum absolute atomic E-state index is 0. The second kappa shape index (κ2) is 9.28. The van der Waals surface area contributed by atoms with Crippen molar-refractivity contribution in [3.05, 3.63) is 70.3 Å². The van der Waals surface area contributed by atoms with E-state index in [-0.39, 0.29) is 7.43 Å². The van der Waals surface area contributed by atoms with Crippen LogP contribution < -0.4 is 9.47 Å². The summed E-state index contributed by atoms with van der Waals surface area (Å²) < 4.78 is 10.4. The van der Waals surface area contributed by atoms with Crippen molar-refractivity contribution in [3.63, 3.8) is 0 Å². The molecule has 26 heavy (non-hydrogen) atoms. The third-order valence-corrected chi connectivity index (χ3v) is 4.86. The van der Waals surface area contributed by atoms with Gasteiger partial charge in [0.2, 0.25) is 0 Å². The van der Waals surface area contributed by atoms with Gasteiger partial charge in [0.15, 0.2) is 0 Å². The van der Waals surface area contributed by atoms with Crippen molar-refractivity contribution in [1.29, 1.82) is 0 Å². The number of ether oxygens (including phenoxy) is 2. The van der Waals surface area contributed by atoms with Crippen LogP contribution in [0.2, 0.25) is 0 Å². The van der Waals surface area contributed by atoms with Gasteiger partial charge in [0.25, 0.3) is 0 Å². The standard InChI is InChI=1S/C12H12O.C11H16O.CH4/c1-9-3-4-10-5-6-12(13-2)8-11(10)7-9;1-7-6-11(12-5)10(4)9(3)8(7)2;/h3-8H,1-2H3;6H,1-5H3;1H4. The summed E-state index contributed by atoms with van der Waals surface area (Å²) in [5, 5.41) is 2.49. The monoisotopic (exact) mass is 352 g/mol. The predicted molar refractivity (Wildman–Crippen MR) is 114 cm³/mol. The number of methoxy groups -OCH3 is 2. The molecule has 2 heteroatoms. The molecule has 0 aromatic heterocycles. The van der Waals surface area contributed by atoms with Crippen molar-refractivity contribution in [1.82, 2.24) is 0 Å². The maximum absolute atomic E-state index is 5.26. The maximum Gasteiger partial charge on any atom is 0.122 e. The van der Waals surface area contributed by atoms with Crippen molar-refractivity contribution in [2.45, 2.75) is 42.0 Å². The van der Waals surface area contributed by atoms with Gasteiger partial charge in [-0.05, 0) is 85.8 Å². The van der Waals surface area contributed by atoms with Gasteiger partial charge in [0, 0.05) is 0 Å². The van der Waals surface area contributed by atoms with E-state index in [0.29, 0.717) is 0 Å². The molecule has 0 saturated heterocycles. The van der Waals surface area contributed by atoms with Gasteiger partial charge in [-0.2, -0.15) is 0 Å². The summed E-state index contributed by atoms with van der Waals surface area (Å²) in [5.41, 5.74) is 6.54. The van der Waals surface area contributed by atoms with Gasteiger partial charge in [-0.1, -0.05) is 37.3 Å². The molecule has 0 fully saturated rings. The third kappa shape index (κ3) is 4.78. The van der Waals surface area contributed by atoms with E-state index >= 15 is 0 Å². The van der Waals surface area contributed by atoms with Crippen molar-refractivity contribution >= 4 is 10.8 Å². The van der Waals surface area contributed by atoms with Gasteiger partial charge in [-0.25, -0.2) is 0 Å². The Morgan fingerprint density at radius 1 is 0.615 bits per heavy atom. The molecule has 0 aliphatic heterocycles. The zero-order chi connectivity index (χ0) is 18.6. The first-order valence-electron chi connectivity index (χ1n) is 8.53. The van der Waals surface area contributed by atoms with Crippen molar-refractivity contribution < 1.29 is 9.47 Å². The van der Waals surface area contributed by atoms with E-state index in [2.05, 4.69) is 71.0 Å². The van der Waals surface area contributed by atoms with Crippen molar-refractivity contribution in [2.24, 2.45) is 0 Å². The van der Waals surface area contributed by atoms with Crippen LogP contribution >= 0.6 is 0 Å². The maximum atomic E-state index is 5.26. The molecule has 3 aromatic rings. The molecule has 0 N–H and O–H groups in total. The zero-order valence-corrected chi connectivity index (χ0v) is 16.4. The Labute approximate surface area is 158 Å². The summed E-state index contributed by atoms with van der Waals surface area (Å²) in [6.07, 6.45) is 0. The van der Waals surface area contributed by atoms with Crippen molar-refractivity contribution in [3.8, 4) is 11.5 Å². The lowest BCUT2D eigenvalue weighted by Crippen LogP contribution is -1.95. The van der Waals surface area contributed by atoms with Crippen LogP contribution in [0.4, 0.5) is 0 Å². The van der Waals surface area contributed by atoms with Crippen LogP contribution in [0, 0.1) is 34.6 Å². The molecule has 3 aromatic carbocycles. The molecular formula is C24H32O2. The largest absolute Gasteiger partial charge is 0.497 e. The first-order chi connectivity index (χ1) is 11.9. The molecule has 0 aliphatic rings. The molecule has 0 radical (unpaired) electrons. The predicted octanol–water partition coefficient (Wildman–Crippen LogP) is 6.72. The molecule has 140 valence electrons. The van der Waals surface area contributed by atoms with E-state index in [0.717, 1.165) is 11.5 Å². The SMILES string of the molecule is C.COc1cc(C)c(C)c(C)c1C.COc1ccc2ccc(C)cc2c1. The van der Waals surface area contributed by atoms with Crippen LogP contribution in [0.5, 0.6) is 11.5 Å². The fourth-order valence-corrected chi connectivity index (χ4v) is 2.86. The summed E-state index contributed by atoms with van der Waals surface area (Å²) >= 11 is 0. The smallest absolute Gasteiger partial charge is 0.122 e. The lowest BCUT2D eigenvalue weighted by atomic mass is 9.99. The molecule has 0 bridgehead atoms. The third-order valence-electron chi connectivity index (χ3n) is 4.86. The second-order valence-corrected chi connectivity index (χ2v) is 6.49. The Morgan fingerprint density at radius 3 is 1.88 bits per heavy atom. The van der Waals surface area contributed by atoms with Crippen LogP contribution in [0.3, 0.4) is 0 Å². The van der Waals surface area contributed by atoms with Gasteiger partial charge >= 0.3 is 0 Å². The summed E-state index contributed by atoms with van der Waals surface area (Å²) in [5.74, 6) is 1.91. The van der Waals surface area contributed by atoms with E-state index < -0.39 is 0 Å². The van der Waals surface area contributed by atoms with Crippen LogP contribution in [0.15, 0.2) is 42.5 Å². The fraction of sp³-hybridized carbons (Fsp3) is 0.333.